The molecule has 3 aliphatic carbocycles. The first-order valence-corrected chi connectivity index (χ1v) is 4.88. The summed E-state index contributed by atoms with van der Waals surface area (Å²) < 4.78 is 0. The van der Waals surface area contributed by atoms with Gasteiger partial charge in [0.1, 0.15) is 0 Å². The molecule has 3 fully saturated rings. The lowest BCUT2D eigenvalue weighted by molar-refractivity contribution is 0.00500. The van der Waals surface area contributed by atoms with Crippen LogP contribution in [-0.4, -0.2) is 6.04 Å². The first kappa shape index (κ1) is 7.60. The third kappa shape index (κ3) is 0.936. The highest BCUT2D eigenvalue weighted by Crippen LogP contribution is 2.51. The summed E-state index contributed by atoms with van der Waals surface area (Å²) in [5.41, 5.74) is 6.63. The molecule has 0 aliphatic heterocycles. The molecule has 0 saturated heterocycles. The SMILES string of the molecule is CC1(C)C2CCC(CC2)C1N. The molecule has 2 bridgehead atoms. The monoisotopic (exact) mass is 153 g/mol. The van der Waals surface area contributed by atoms with Crippen molar-refractivity contribution in [3.05, 3.63) is 0 Å². The molecule has 11 heavy (non-hydrogen) atoms. The lowest BCUT2D eigenvalue weighted by Crippen LogP contribution is -2.54. The summed E-state index contributed by atoms with van der Waals surface area (Å²) in [4.78, 5) is 0. The molecule has 1 heteroatoms. The predicted octanol–water partition coefficient (Wildman–Crippen LogP) is 2.16. The quantitative estimate of drug-likeness (QED) is 0.567. The molecule has 1 atom stereocenters. The summed E-state index contributed by atoms with van der Waals surface area (Å²) in [7, 11) is 0. The zero-order valence-electron chi connectivity index (χ0n) is 7.64. The van der Waals surface area contributed by atoms with Gasteiger partial charge in [-0.1, -0.05) is 13.8 Å². The van der Waals surface area contributed by atoms with Crippen LogP contribution < -0.4 is 5.73 Å². The Kier molecular flexibility index (Phi) is 1.54. The van der Waals surface area contributed by atoms with Crippen molar-refractivity contribution in [1.29, 1.82) is 0 Å². The van der Waals surface area contributed by atoms with Crippen LogP contribution in [0.4, 0.5) is 0 Å². The van der Waals surface area contributed by atoms with Gasteiger partial charge in [0.25, 0.3) is 0 Å². The fourth-order valence-corrected chi connectivity index (χ4v) is 3.10. The average molecular weight is 153 g/mol. The molecule has 0 aromatic rings. The summed E-state index contributed by atoms with van der Waals surface area (Å²) >= 11 is 0. The van der Waals surface area contributed by atoms with Crippen LogP contribution in [0.25, 0.3) is 0 Å². The van der Waals surface area contributed by atoms with E-state index < -0.39 is 0 Å². The molecule has 0 amide bonds. The largest absolute Gasteiger partial charge is 0.327 e. The third-order valence-electron chi connectivity index (χ3n) is 4.19. The Morgan fingerprint density at radius 1 is 1.09 bits per heavy atom. The molecular weight excluding hydrogens is 134 g/mol. The van der Waals surface area contributed by atoms with Crippen LogP contribution in [0.15, 0.2) is 0 Å². The van der Waals surface area contributed by atoms with Crippen LogP contribution >= 0.6 is 0 Å². The third-order valence-corrected chi connectivity index (χ3v) is 4.19. The smallest absolute Gasteiger partial charge is 0.0121 e. The van der Waals surface area contributed by atoms with E-state index in [2.05, 4.69) is 13.8 Å². The van der Waals surface area contributed by atoms with Crippen molar-refractivity contribution < 1.29 is 0 Å². The van der Waals surface area contributed by atoms with Gasteiger partial charge in [-0.3, -0.25) is 0 Å². The molecule has 0 heterocycles. The highest BCUT2D eigenvalue weighted by atomic mass is 14.7. The van der Waals surface area contributed by atoms with Gasteiger partial charge >= 0.3 is 0 Å². The van der Waals surface area contributed by atoms with Gasteiger partial charge in [0.15, 0.2) is 0 Å². The second kappa shape index (κ2) is 2.22. The Bertz CT molecular complexity index is 150. The standard InChI is InChI=1S/C10H19N/c1-10(2)8-5-3-7(4-6-8)9(10)11/h7-9H,3-6,11H2,1-2H3. The molecule has 2 N–H and O–H groups in total. The van der Waals surface area contributed by atoms with E-state index in [4.69, 9.17) is 5.73 Å². The maximum atomic E-state index is 6.20. The van der Waals surface area contributed by atoms with E-state index in [9.17, 15) is 0 Å². The van der Waals surface area contributed by atoms with Crippen LogP contribution in [-0.2, 0) is 0 Å². The lowest BCUT2D eigenvalue weighted by atomic mass is 9.55. The van der Waals surface area contributed by atoms with Crippen LogP contribution in [0.5, 0.6) is 0 Å². The molecule has 0 radical (unpaired) electrons. The Morgan fingerprint density at radius 3 is 1.91 bits per heavy atom. The second-order valence-corrected chi connectivity index (χ2v) is 4.96. The van der Waals surface area contributed by atoms with Crippen molar-refractivity contribution in [2.45, 2.75) is 45.6 Å². The Labute approximate surface area is 69.4 Å². The van der Waals surface area contributed by atoms with Gasteiger partial charge in [-0.05, 0) is 42.9 Å². The molecule has 0 spiro atoms. The van der Waals surface area contributed by atoms with Crippen molar-refractivity contribution in [3.8, 4) is 0 Å². The molecule has 3 aliphatic rings. The van der Waals surface area contributed by atoms with E-state index in [1.807, 2.05) is 0 Å². The Morgan fingerprint density at radius 2 is 1.64 bits per heavy atom. The number of hydrogen-bond acceptors (Lipinski definition) is 1. The fraction of sp³-hybridized carbons (Fsp3) is 1.00. The van der Waals surface area contributed by atoms with Crippen molar-refractivity contribution in [3.63, 3.8) is 0 Å². The number of rotatable bonds is 0. The van der Waals surface area contributed by atoms with Gasteiger partial charge in [-0.15, -0.1) is 0 Å². The number of hydrogen-bond donors (Lipinski definition) is 1. The van der Waals surface area contributed by atoms with E-state index in [0.29, 0.717) is 11.5 Å². The molecule has 64 valence electrons. The minimum Gasteiger partial charge on any atom is -0.327 e. The van der Waals surface area contributed by atoms with Gasteiger partial charge in [-0.2, -0.15) is 0 Å². The van der Waals surface area contributed by atoms with Gasteiger partial charge < -0.3 is 5.73 Å². The van der Waals surface area contributed by atoms with E-state index in [1.165, 1.54) is 25.7 Å². The van der Waals surface area contributed by atoms with Crippen LogP contribution in [0.2, 0.25) is 0 Å². The maximum absolute atomic E-state index is 6.20. The minimum atomic E-state index is 0.432. The first-order chi connectivity index (χ1) is 5.12. The van der Waals surface area contributed by atoms with Crippen LogP contribution in [0, 0.1) is 17.3 Å². The summed E-state index contributed by atoms with van der Waals surface area (Å²) in [6.45, 7) is 4.71. The fourth-order valence-electron chi connectivity index (χ4n) is 3.10. The highest BCUT2D eigenvalue weighted by molar-refractivity contribution is 5.00. The second-order valence-electron chi connectivity index (χ2n) is 4.96. The van der Waals surface area contributed by atoms with E-state index in [-0.39, 0.29) is 0 Å². The number of fused-ring (bicyclic) bond motifs is 3. The Balaban J connectivity index is 2.23. The van der Waals surface area contributed by atoms with Gasteiger partial charge in [0, 0.05) is 6.04 Å². The van der Waals surface area contributed by atoms with E-state index in [1.54, 1.807) is 0 Å². The van der Waals surface area contributed by atoms with Gasteiger partial charge in [0.2, 0.25) is 0 Å². The molecule has 0 aromatic heterocycles. The normalized spacial score (nSPS) is 47.7. The predicted molar refractivity (Wildman–Crippen MR) is 47.2 cm³/mol. The lowest BCUT2D eigenvalue weighted by Gasteiger charge is -2.52. The molecule has 3 saturated carbocycles. The summed E-state index contributed by atoms with van der Waals surface area (Å²) in [5.74, 6) is 1.76. The average Bonchev–Trinajstić information content (AvgIpc) is 2.01. The van der Waals surface area contributed by atoms with Gasteiger partial charge in [0.05, 0.1) is 0 Å². The zero-order chi connectivity index (χ0) is 8.06. The van der Waals surface area contributed by atoms with Crippen LogP contribution in [0.3, 0.4) is 0 Å². The Hall–Kier alpha value is -0.0400. The summed E-state index contributed by atoms with van der Waals surface area (Å²) in [6.07, 6.45) is 5.67. The molecule has 1 unspecified atom stereocenters. The number of nitrogens with two attached hydrogens (primary N) is 1. The van der Waals surface area contributed by atoms with Crippen molar-refractivity contribution in [2.24, 2.45) is 23.0 Å². The van der Waals surface area contributed by atoms with Crippen molar-refractivity contribution >= 4 is 0 Å². The topological polar surface area (TPSA) is 26.0 Å². The molecule has 0 aromatic carbocycles. The zero-order valence-corrected chi connectivity index (χ0v) is 7.64. The minimum absolute atomic E-state index is 0.432. The van der Waals surface area contributed by atoms with Crippen molar-refractivity contribution in [2.75, 3.05) is 0 Å². The summed E-state index contributed by atoms with van der Waals surface area (Å²) in [6, 6.07) is 0.481. The first-order valence-electron chi connectivity index (χ1n) is 4.88. The highest BCUT2D eigenvalue weighted by Gasteiger charge is 2.46. The molecule has 1 nitrogen and oxygen atoms in total. The molecular formula is C10H19N. The van der Waals surface area contributed by atoms with E-state index >= 15 is 0 Å². The van der Waals surface area contributed by atoms with Crippen LogP contribution in [0.1, 0.15) is 39.5 Å². The van der Waals surface area contributed by atoms with E-state index in [0.717, 1.165) is 11.8 Å². The van der Waals surface area contributed by atoms with Crippen molar-refractivity contribution in [1.82, 2.24) is 0 Å². The summed E-state index contributed by atoms with van der Waals surface area (Å²) in [5, 5.41) is 0. The maximum Gasteiger partial charge on any atom is 0.0121 e. The molecule has 3 rings (SSSR count). The van der Waals surface area contributed by atoms with Gasteiger partial charge in [-0.25, -0.2) is 0 Å².